The Kier molecular flexibility index (Phi) is 4.13. The number of benzene rings is 1. The van der Waals surface area contributed by atoms with Crippen LogP contribution >= 0.6 is 0 Å². The normalized spacial score (nSPS) is 18.3. The van der Waals surface area contributed by atoms with Gasteiger partial charge in [0.1, 0.15) is 5.82 Å². The minimum atomic E-state index is 0.439. The highest BCUT2D eigenvalue weighted by Gasteiger charge is 2.26. The Morgan fingerprint density at radius 2 is 2.04 bits per heavy atom. The zero-order valence-electron chi connectivity index (χ0n) is 13.9. The molecule has 0 bridgehead atoms. The summed E-state index contributed by atoms with van der Waals surface area (Å²) in [7, 11) is 0. The van der Waals surface area contributed by atoms with Gasteiger partial charge in [0.25, 0.3) is 0 Å². The van der Waals surface area contributed by atoms with Crippen LogP contribution in [0.25, 0.3) is 0 Å². The molecule has 1 N–H and O–H groups in total. The van der Waals surface area contributed by atoms with Crippen LogP contribution in [-0.2, 0) is 13.1 Å². The monoisotopic (exact) mass is 322 g/mol. The zero-order chi connectivity index (χ0) is 16.4. The summed E-state index contributed by atoms with van der Waals surface area (Å²) in [5.41, 5.74) is 2.53. The molecule has 3 aromatic rings. The summed E-state index contributed by atoms with van der Waals surface area (Å²) in [6, 6.07) is 10.4. The first-order chi connectivity index (χ1) is 11.8. The fourth-order valence-electron chi connectivity index (χ4n) is 3.33. The Balaban J connectivity index is 1.35. The van der Waals surface area contributed by atoms with Crippen LogP contribution in [0.2, 0.25) is 0 Å². The van der Waals surface area contributed by atoms with Gasteiger partial charge in [0.05, 0.1) is 12.7 Å². The minimum absolute atomic E-state index is 0.439. The second kappa shape index (κ2) is 6.57. The van der Waals surface area contributed by atoms with E-state index in [-0.39, 0.29) is 0 Å². The third kappa shape index (κ3) is 3.38. The van der Waals surface area contributed by atoms with Crippen LogP contribution in [0.3, 0.4) is 0 Å². The van der Waals surface area contributed by atoms with E-state index in [1.165, 1.54) is 11.1 Å². The van der Waals surface area contributed by atoms with Gasteiger partial charge in [-0.15, -0.1) is 0 Å². The highest BCUT2D eigenvalue weighted by atomic mass is 15.3. The van der Waals surface area contributed by atoms with Crippen molar-refractivity contribution >= 4 is 0 Å². The molecule has 1 saturated heterocycles. The molecule has 6 nitrogen and oxygen atoms in total. The lowest BCUT2D eigenvalue weighted by molar-refractivity contribution is 0.325. The van der Waals surface area contributed by atoms with E-state index in [1.54, 1.807) is 0 Å². The van der Waals surface area contributed by atoms with Gasteiger partial charge in [-0.2, -0.15) is 10.2 Å². The van der Waals surface area contributed by atoms with E-state index in [1.807, 2.05) is 23.9 Å². The number of aromatic amines is 1. The SMILES string of the molecule is Cc1nc(C2CCN(Cc3cnn(Cc4ccccc4)c3)C2)n[nH]1. The number of aromatic nitrogens is 5. The Bertz CT molecular complexity index is 791. The number of hydrogen-bond acceptors (Lipinski definition) is 4. The maximum atomic E-state index is 4.49. The van der Waals surface area contributed by atoms with Gasteiger partial charge in [-0.1, -0.05) is 30.3 Å². The molecule has 124 valence electrons. The molecule has 4 rings (SSSR count). The van der Waals surface area contributed by atoms with Crippen LogP contribution in [0.5, 0.6) is 0 Å². The summed E-state index contributed by atoms with van der Waals surface area (Å²) < 4.78 is 2.01. The molecule has 0 saturated carbocycles. The summed E-state index contributed by atoms with van der Waals surface area (Å²) in [6.45, 7) is 5.81. The van der Waals surface area contributed by atoms with Gasteiger partial charge in [-0.3, -0.25) is 14.7 Å². The quantitative estimate of drug-likeness (QED) is 0.783. The van der Waals surface area contributed by atoms with Gasteiger partial charge in [0.15, 0.2) is 5.82 Å². The third-order valence-electron chi connectivity index (χ3n) is 4.53. The first kappa shape index (κ1) is 15.1. The predicted octanol–water partition coefficient (Wildman–Crippen LogP) is 2.35. The minimum Gasteiger partial charge on any atom is -0.298 e. The lowest BCUT2D eigenvalue weighted by Crippen LogP contribution is -2.19. The number of likely N-dealkylation sites (tertiary alicyclic amines) is 1. The Labute approximate surface area is 141 Å². The van der Waals surface area contributed by atoms with Gasteiger partial charge in [0.2, 0.25) is 0 Å². The summed E-state index contributed by atoms with van der Waals surface area (Å²) >= 11 is 0. The molecule has 0 spiro atoms. The van der Waals surface area contributed by atoms with E-state index in [9.17, 15) is 0 Å². The van der Waals surface area contributed by atoms with E-state index in [0.717, 1.165) is 44.2 Å². The van der Waals surface area contributed by atoms with Crippen molar-refractivity contribution in [1.29, 1.82) is 0 Å². The Morgan fingerprint density at radius 3 is 2.83 bits per heavy atom. The number of nitrogens with zero attached hydrogens (tertiary/aromatic N) is 5. The Morgan fingerprint density at radius 1 is 1.17 bits per heavy atom. The van der Waals surface area contributed by atoms with Crippen molar-refractivity contribution in [3.63, 3.8) is 0 Å². The maximum absolute atomic E-state index is 4.49. The summed E-state index contributed by atoms with van der Waals surface area (Å²) in [5.74, 6) is 2.29. The Hall–Kier alpha value is -2.47. The molecular formula is C18H22N6. The first-order valence-electron chi connectivity index (χ1n) is 8.43. The van der Waals surface area contributed by atoms with E-state index in [2.05, 4.69) is 55.6 Å². The molecule has 1 atom stereocenters. The van der Waals surface area contributed by atoms with Crippen molar-refractivity contribution in [2.75, 3.05) is 13.1 Å². The molecule has 3 heterocycles. The van der Waals surface area contributed by atoms with E-state index < -0.39 is 0 Å². The zero-order valence-corrected chi connectivity index (χ0v) is 13.9. The van der Waals surface area contributed by atoms with Crippen LogP contribution < -0.4 is 0 Å². The lowest BCUT2D eigenvalue weighted by atomic mass is 10.1. The molecule has 2 aromatic heterocycles. The number of hydrogen-bond donors (Lipinski definition) is 1. The van der Waals surface area contributed by atoms with Gasteiger partial charge in [-0.25, -0.2) is 4.98 Å². The molecule has 24 heavy (non-hydrogen) atoms. The van der Waals surface area contributed by atoms with Gasteiger partial charge in [0, 0.05) is 30.8 Å². The van der Waals surface area contributed by atoms with Gasteiger partial charge >= 0.3 is 0 Å². The molecule has 1 aliphatic heterocycles. The topological polar surface area (TPSA) is 62.6 Å². The number of H-pyrrole nitrogens is 1. The second-order valence-electron chi connectivity index (χ2n) is 6.53. The standard InChI is InChI=1S/C18H22N6/c1-14-20-18(22-21-14)17-7-8-23(13-17)10-16-9-19-24(12-16)11-15-5-3-2-4-6-15/h2-6,9,12,17H,7-8,10-11,13H2,1H3,(H,20,21,22). The lowest BCUT2D eigenvalue weighted by Gasteiger charge is -2.13. The van der Waals surface area contributed by atoms with Gasteiger partial charge in [-0.05, 0) is 25.5 Å². The molecule has 0 radical (unpaired) electrons. The molecule has 0 aliphatic carbocycles. The van der Waals surface area contributed by atoms with Crippen molar-refractivity contribution in [1.82, 2.24) is 29.9 Å². The maximum Gasteiger partial charge on any atom is 0.155 e. The molecule has 1 aliphatic rings. The van der Waals surface area contributed by atoms with Crippen LogP contribution in [0.15, 0.2) is 42.7 Å². The number of rotatable bonds is 5. The van der Waals surface area contributed by atoms with Crippen molar-refractivity contribution in [3.8, 4) is 0 Å². The van der Waals surface area contributed by atoms with Crippen molar-refractivity contribution < 1.29 is 0 Å². The van der Waals surface area contributed by atoms with E-state index >= 15 is 0 Å². The fourth-order valence-corrected chi connectivity index (χ4v) is 3.33. The van der Waals surface area contributed by atoms with Crippen LogP contribution in [-0.4, -0.2) is 43.0 Å². The summed E-state index contributed by atoms with van der Waals surface area (Å²) in [6.07, 6.45) is 5.25. The summed E-state index contributed by atoms with van der Waals surface area (Å²) in [4.78, 5) is 6.93. The largest absolute Gasteiger partial charge is 0.298 e. The van der Waals surface area contributed by atoms with Crippen LogP contribution in [0.1, 0.15) is 35.1 Å². The average Bonchev–Trinajstić information content (AvgIpc) is 3.31. The third-order valence-corrected chi connectivity index (χ3v) is 4.53. The van der Waals surface area contributed by atoms with E-state index in [4.69, 9.17) is 0 Å². The van der Waals surface area contributed by atoms with E-state index in [0.29, 0.717) is 5.92 Å². The highest BCUT2D eigenvalue weighted by Crippen LogP contribution is 2.25. The molecule has 1 unspecified atom stereocenters. The number of nitrogens with one attached hydrogen (secondary N) is 1. The molecule has 1 aromatic carbocycles. The van der Waals surface area contributed by atoms with Crippen LogP contribution in [0, 0.1) is 6.92 Å². The summed E-state index contributed by atoms with van der Waals surface area (Å²) in [5, 5.41) is 11.7. The first-order valence-corrected chi connectivity index (χ1v) is 8.43. The fraction of sp³-hybridized carbons (Fsp3) is 0.389. The number of aryl methyl sites for hydroxylation is 1. The second-order valence-corrected chi connectivity index (χ2v) is 6.53. The predicted molar refractivity (Wildman–Crippen MR) is 91.5 cm³/mol. The molecule has 1 fully saturated rings. The highest BCUT2D eigenvalue weighted by molar-refractivity contribution is 5.15. The average molecular weight is 322 g/mol. The van der Waals surface area contributed by atoms with Crippen molar-refractivity contribution in [2.45, 2.75) is 32.4 Å². The molecular weight excluding hydrogens is 300 g/mol. The van der Waals surface area contributed by atoms with Crippen molar-refractivity contribution in [2.24, 2.45) is 0 Å². The van der Waals surface area contributed by atoms with Gasteiger partial charge < -0.3 is 0 Å². The molecule has 0 amide bonds. The smallest absolute Gasteiger partial charge is 0.155 e. The van der Waals surface area contributed by atoms with Crippen LogP contribution in [0.4, 0.5) is 0 Å². The molecule has 6 heteroatoms. The van der Waals surface area contributed by atoms with Crippen molar-refractivity contribution in [3.05, 3.63) is 65.5 Å².